The fraction of sp³-hybridized carbons (Fsp3) is 0.538. The summed E-state index contributed by atoms with van der Waals surface area (Å²) in [5, 5.41) is 0. The standard InChI is InChI=1S/C13H21BrN2/c1-10(15)7-8-13(16(2)3)11-5-4-6-12(14)9-11/h4-6,9-10,13H,7-8,15H2,1-3H3. The first-order valence-corrected chi connectivity index (χ1v) is 6.47. The van der Waals surface area contributed by atoms with Crippen LogP contribution in [0.25, 0.3) is 0 Å². The van der Waals surface area contributed by atoms with Gasteiger partial charge in [0.2, 0.25) is 0 Å². The third-order valence-electron chi connectivity index (χ3n) is 2.75. The number of nitrogens with two attached hydrogens (primary N) is 1. The highest BCUT2D eigenvalue weighted by molar-refractivity contribution is 9.10. The van der Waals surface area contributed by atoms with Crippen molar-refractivity contribution in [1.29, 1.82) is 0 Å². The molecule has 2 atom stereocenters. The first-order valence-electron chi connectivity index (χ1n) is 5.68. The molecule has 2 unspecified atom stereocenters. The summed E-state index contributed by atoms with van der Waals surface area (Å²) in [6, 6.07) is 9.23. The number of hydrogen-bond acceptors (Lipinski definition) is 2. The Morgan fingerprint density at radius 1 is 1.31 bits per heavy atom. The summed E-state index contributed by atoms with van der Waals surface area (Å²) >= 11 is 3.52. The summed E-state index contributed by atoms with van der Waals surface area (Å²) in [4.78, 5) is 2.25. The molecule has 0 heterocycles. The van der Waals surface area contributed by atoms with Crippen molar-refractivity contribution in [3.63, 3.8) is 0 Å². The summed E-state index contributed by atoms with van der Waals surface area (Å²) in [6.45, 7) is 2.06. The molecule has 2 nitrogen and oxygen atoms in total. The summed E-state index contributed by atoms with van der Waals surface area (Å²) in [7, 11) is 4.24. The van der Waals surface area contributed by atoms with Crippen LogP contribution in [0.5, 0.6) is 0 Å². The molecule has 0 radical (unpaired) electrons. The van der Waals surface area contributed by atoms with Crippen LogP contribution in [0.2, 0.25) is 0 Å². The van der Waals surface area contributed by atoms with Gasteiger partial charge in [-0.3, -0.25) is 0 Å². The van der Waals surface area contributed by atoms with E-state index < -0.39 is 0 Å². The van der Waals surface area contributed by atoms with Crippen molar-refractivity contribution < 1.29 is 0 Å². The molecule has 0 saturated carbocycles. The second-order valence-corrected chi connectivity index (χ2v) is 5.50. The van der Waals surface area contributed by atoms with Gasteiger partial charge in [-0.15, -0.1) is 0 Å². The Kier molecular flexibility index (Phi) is 5.46. The van der Waals surface area contributed by atoms with Gasteiger partial charge < -0.3 is 10.6 Å². The van der Waals surface area contributed by atoms with Crippen molar-refractivity contribution in [3.8, 4) is 0 Å². The van der Waals surface area contributed by atoms with E-state index in [1.54, 1.807) is 0 Å². The van der Waals surface area contributed by atoms with E-state index in [4.69, 9.17) is 5.73 Å². The molecule has 2 N–H and O–H groups in total. The summed E-state index contributed by atoms with van der Waals surface area (Å²) in [6.07, 6.45) is 2.15. The number of benzene rings is 1. The van der Waals surface area contributed by atoms with Gasteiger partial charge >= 0.3 is 0 Å². The quantitative estimate of drug-likeness (QED) is 0.900. The van der Waals surface area contributed by atoms with Gasteiger partial charge in [-0.1, -0.05) is 28.1 Å². The zero-order chi connectivity index (χ0) is 12.1. The molecule has 0 bridgehead atoms. The molecule has 0 aliphatic heterocycles. The van der Waals surface area contributed by atoms with Crippen LogP contribution in [-0.4, -0.2) is 25.0 Å². The normalized spacial score (nSPS) is 15.1. The van der Waals surface area contributed by atoms with E-state index in [-0.39, 0.29) is 6.04 Å². The highest BCUT2D eigenvalue weighted by atomic mass is 79.9. The van der Waals surface area contributed by atoms with Crippen LogP contribution in [-0.2, 0) is 0 Å². The maximum Gasteiger partial charge on any atom is 0.0343 e. The van der Waals surface area contributed by atoms with Crippen LogP contribution in [0.3, 0.4) is 0 Å². The lowest BCUT2D eigenvalue weighted by Crippen LogP contribution is -2.23. The minimum absolute atomic E-state index is 0.273. The van der Waals surface area contributed by atoms with Gasteiger partial charge in [-0.2, -0.15) is 0 Å². The van der Waals surface area contributed by atoms with Gasteiger partial charge in [0.15, 0.2) is 0 Å². The lowest BCUT2D eigenvalue weighted by Gasteiger charge is -2.25. The van der Waals surface area contributed by atoms with Gasteiger partial charge in [0.1, 0.15) is 0 Å². The Bertz CT molecular complexity index is 323. The Hall–Kier alpha value is -0.380. The van der Waals surface area contributed by atoms with Crippen molar-refractivity contribution in [1.82, 2.24) is 4.90 Å². The van der Waals surface area contributed by atoms with Gasteiger partial charge in [0.25, 0.3) is 0 Å². The van der Waals surface area contributed by atoms with Gasteiger partial charge in [-0.25, -0.2) is 0 Å². The van der Waals surface area contributed by atoms with Crippen LogP contribution in [0, 0.1) is 0 Å². The Labute approximate surface area is 107 Å². The fourth-order valence-electron chi connectivity index (χ4n) is 1.86. The highest BCUT2D eigenvalue weighted by Crippen LogP contribution is 2.26. The van der Waals surface area contributed by atoms with E-state index in [0.717, 1.165) is 17.3 Å². The van der Waals surface area contributed by atoms with E-state index in [9.17, 15) is 0 Å². The Morgan fingerprint density at radius 3 is 2.50 bits per heavy atom. The van der Waals surface area contributed by atoms with Crippen LogP contribution in [0.15, 0.2) is 28.7 Å². The summed E-state index contributed by atoms with van der Waals surface area (Å²) < 4.78 is 1.14. The minimum Gasteiger partial charge on any atom is -0.328 e. The minimum atomic E-state index is 0.273. The van der Waals surface area contributed by atoms with Crippen molar-refractivity contribution in [2.75, 3.05) is 14.1 Å². The number of nitrogens with zero attached hydrogens (tertiary/aromatic N) is 1. The van der Waals surface area contributed by atoms with Gasteiger partial charge in [0, 0.05) is 16.6 Å². The maximum absolute atomic E-state index is 5.82. The maximum atomic E-state index is 5.82. The average molecular weight is 285 g/mol. The molecule has 0 aliphatic carbocycles. The SMILES string of the molecule is CC(N)CCC(c1cccc(Br)c1)N(C)C. The zero-order valence-electron chi connectivity index (χ0n) is 10.3. The second-order valence-electron chi connectivity index (χ2n) is 4.59. The molecule has 0 aromatic heterocycles. The predicted octanol–water partition coefficient (Wildman–Crippen LogP) is 3.18. The molecule has 3 heteroatoms. The predicted molar refractivity (Wildman–Crippen MR) is 73.5 cm³/mol. The first kappa shape index (κ1) is 13.7. The molecule has 0 amide bonds. The first-order chi connectivity index (χ1) is 7.50. The topological polar surface area (TPSA) is 29.3 Å². The fourth-order valence-corrected chi connectivity index (χ4v) is 2.27. The Morgan fingerprint density at radius 2 is 2.00 bits per heavy atom. The van der Waals surface area contributed by atoms with Crippen molar-refractivity contribution >= 4 is 15.9 Å². The third kappa shape index (κ3) is 4.24. The highest BCUT2D eigenvalue weighted by Gasteiger charge is 2.14. The molecule has 90 valence electrons. The molecule has 0 spiro atoms. The molecular weight excluding hydrogens is 264 g/mol. The van der Waals surface area contributed by atoms with Gasteiger partial charge in [0.05, 0.1) is 0 Å². The molecule has 1 rings (SSSR count). The second kappa shape index (κ2) is 6.38. The number of rotatable bonds is 5. The van der Waals surface area contributed by atoms with Crippen molar-refractivity contribution in [2.45, 2.75) is 31.8 Å². The number of halogens is 1. The van der Waals surface area contributed by atoms with Crippen molar-refractivity contribution in [2.24, 2.45) is 5.73 Å². The molecule has 16 heavy (non-hydrogen) atoms. The lowest BCUT2D eigenvalue weighted by atomic mass is 9.99. The molecule has 0 saturated heterocycles. The van der Waals surface area contributed by atoms with Gasteiger partial charge in [-0.05, 0) is 51.6 Å². The molecular formula is C13H21BrN2. The van der Waals surface area contributed by atoms with Crippen LogP contribution < -0.4 is 5.73 Å². The third-order valence-corrected chi connectivity index (χ3v) is 3.25. The molecule has 1 aromatic carbocycles. The van der Waals surface area contributed by atoms with E-state index in [1.807, 2.05) is 0 Å². The molecule has 1 aromatic rings. The van der Waals surface area contributed by atoms with E-state index in [0.29, 0.717) is 6.04 Å². The van der Waals surface area contributed by atoms with E-state index in [1.165, 1.54) is 5.56 Å². The molecule has 0 fully saturated rings. The van der Waals surface area contributed by atoms with Crippen LogP contribution >= 0.6 is 15.9 Å². The summed E-state index contributed by atoms with van der Waals surface area (Å²) in [5.74, 6) is 0. The van der Waals surface area contributed by atoms with E-state index in [2.05, 4.69) is 66.1 Å². The average Bonchev–Trinajstić information content (AvgIpc) is 2.17. The molecule has 0 aliphatic rings. The van der Waals surface area contributed by atoms with Crippen LogP contribution in [0.4, 0.5) is 0 Å². The number of hydrogen-bond donors (Lipinski definition) is 1. The summed E-state index contributed by atoms with van der Waals surface area (Å²) in [5.41, 5.74) is 7.17. The Balaban J connectivity index is 2.77. The smallest absolute Gasteiger partial charge is 0.0343 e. The van der Waals surface area contributed by atoms with Crippen LogP contribution in [0.1, 0.15) is 31.4 Å². The van der Waals surface area contributed by atoms with E-state index >= 15 is 0 Å². The lowest BCUT2D eigenvalue weighted by molar-refractivity contribution is 0.275. The zero-order valence-corrected chi connectivity index (χ0v) is 11.9. The largest absolute Gasteiger partial charge is 0.328 e. The monoisotopic (exact) mass is 284 g/mol. The van der Waals surface area contributed by atoms with Crippen molar-refractivity contribution in [3.05, 3.63) is 34.3 Å².